The molecule has 148 valence electrons. The number of aliphatic imine (C=N–C) groups is 1. The third-order valence-electron chi connectivity index (χ3n) is 4.35. The summed E-state index contributed by atoms with van der Waals surface area (Å²) in [4.78, 5) is 8.81. The van der Waals surface area contributed by atoms with Crippen molar-refractivity contribution in [2.75, 3.05) is 26.8 Å². The van der Waals surface area contributed by atoms with Gasteiger partial charge in [-0.1, -0.05) is 31.7 Å². The number of guanidine groups is 1. The van der Waals surface area contributed by atoms with Crippen molar-refractivity contribution in [1.82, 2.24) is 15.6 Å². The summed E-state index contributed by atoms with van der Waals surface area (Å²) in [7, 11) is 1.63. The van der Waals surface area contributed by atoms with Crippen molar-refractivity contribution in [1.29, 1.82) is 0 Å². The Balaban J connectivity index is 0.00000338. The van der Waals surface area contributed by atoms with Crippen molar-refractivity contribution in [3.8, 4) is 5.88 Å². The molecule has 0 spiro atoms. The maximum atomic E-state index is 6.02. The van der Waals surface area contributed by atoms with Gasteiger partial charge < -0.3 is 20.1 Å². The summed E-state index contributed by atoms with van der Waals surface area (Å²) in [6, 6.07) is 3.88. The lowest BCUT2D eigenvalue weighted by molar-refractivity contribution is 0.0468. The van der Waals surface area contributed by atoms with Crippen LogP contribution in [0.2, 0.25) is 0 Å². The molecule has 0 saturated heterocycles. The van der Waals surface area contributed by atoms with E-state index in [0.717, 1.165) is 24.6 Å². The lowest BCUT2D eigenvalue weighted by Gasteiger charge is -2.16. The highest BCUT2D eigenvalue weighted by molar-refractivity contribution is 14.0. The molecule has 2 rings (SSSR count). The molecule has 0 bridgehead atoms. The van der Waals surface area contributed by atoms with Crippen molar-refractivity contribution in [2.24, 2.45) is 4.99 Å². The van der Waals surface area contributed by atoms with Crippen LogP contribution in [0, 0.1) is 0 Å². The maximum Gasteiger partial charge on any atom is 0.218 e. The van der Waals surface area contributed by atoms with Crippen LogP contribution in [0.3, 0.4) is 0 Å². The van der Waals surface area contributed by atoms with Crippen LogP contribution in [0.1, 0.15) is 51.0 Å². The summed E-state index contributed by atoms with van der Waals surface area (Å²) in [6.07, 6.45) is 9.87. The average Bonchev–Trinajstić information content (AvgIpc) is 2.92. The number of halogens is 1. The van der Waals surface area contributed by atoms with Gasteiger partial charge in [-0.2, -0.15) is 0 Å². The van der Waals surface area contributed by atoms with E-state index in [0.29, 0.717) is 25.1 Å². The van der Waals surface area contributed by atoms with Gasteiger partial charge in [0.2, 0.25) is 5.88 Å². The Hall–Kier alpha value is -1.09. The number of pyridine rings is 1. The monoisotopic (exact) mass is 476 g/mol. The van der Waals surface area contributed by atoms with Gasteiger partial charge >= 0.3 is 0 Å². The Morgan fingerprint density at radius 2 is 2.00 bits per heavy atom. The van der Waals surface area contributed by atoms with Gasteiger partial charge in [-0.25, -0.2) is 9.98 Å². The van der Waals surface area contributed by atoms with E-state index in [1.807, 2.05) is 12.1 Å². The van der Waals surface area contributed by atoms with Gasteiger partial charge in [0.15, 0.2) is 5.96 Å². The summed E-state index contributed by atoms with van der Waals surface area (Å²) in [5, 5.41) is 6.60. The molecule has 6 nitrogen and oxygen atoms in total. The van der Waals surface area contributed by atoms with Crippen LogP contribution < -0.4 is 15.4 Å². The Kier molecular flexibility index (Phi) is 12.4. The van der Waals surface area contributed by atoms with Crippen LogP contribution in [0.15, 0.2) is 23.3 Å². The molecule has 26 heavy (non-hydrogen) atoms. The lowest BCUT2D eigenvalue weighted by atomic mass is 10.1. The van der Waals surface area contributed by atoms with Gasteiger partial charge in [0.25, 0.3) is 0 Å². The molecular weight excluding hydrogens is 443 g/mol. The van der Waals surface area contributed by atoms with Crippen LogP contribution >= 0.6 is 24.0 Å². The van der Waals surface area contributed by atoms with Crippen molar-refractivity contribution >= 4 is 29.9 Å². The molecule has 0 unspecified atom stereocenters. The zero-order chi connectivity index (χ0) is 17.7. The minimum absolute atomic E-state index is 0. The fraction of sp³-hybridized carbons (Fsp3) is 0.684. The normalized spacial score (nSPS) is 15.7. The number of hydrogen-bond donors (Lipinski definition) is 2. The van der Waals surface area contributed by atoms with E-state index >= 15 is 0 Å². The highest BCUT2D eigenvalue weighted by atomic mass is 127. The molecule has 0 amide bonds. The minimum atomic E-state index is 0. The summed E-state index contributed by atoms with van der Waals surface area (Å²) in [6.45, 7) is 4.87. The molecule has 1 heterocycles. The SMILES string of the molecule is CCNC(=NCc1cccnc1OC)NCCOC1CCCCCC1.I. The second-order valence-corrected chi connectivity index (χ2v) is 6.28. The lowest BCUT2D eigenvalue weighted by Crippen LogP contribution is -2.39. The predicted molar refractivity (Wildman–Crippen MR) is 116 cm³/mol. The predicted octanol–water partition coefficient (Wildman–Crippen LogP) is 3.50. The second kappa shape index (κ2) is 14.0. The quantitative estimate of drug-likeness (QED) is 0.198. The Labute approximate surface area is 174 Å². The fourth-order valence-corrected chi connectivity index (χ4v) is 3.04. The van der Waals surface area contributed by atoms with Crippen LogP contribution in [0.4, 0.5) is 0 Å². The van der Waals surface area contributed by atoms with Gasteiger partial charge in [0.1, 0.15) is 0 Å². The molecule has 7 heteroatoms. The Morgan fingerprint density at radius 1 is 1.23 bits per heavy atom. The standard InChI is InChI=1S/C19H32N4O2.HI/c1-3-20-19(23-15-16-9-8-12-21-18(16)24-2)22-13-14-25-17-10-6-4-5-7-11-17;/h8-9,12,17H,3-7,10-11,13-15H2,1-2H3,(H2,20,22,23);1H. The van der Waals surface area contributed by atoms with Crippen molar-refractivity contribution in [3.05, 3.63) is 23.9 Å². The first-order valence-corrected chi connectivity index (χ1v) is 9.45. The number of rotatable bonds is 8. The Bertz CT molecular complexity index is 520. The van der Waals surface area contributed by atoms with Gasteiger partial charge in [0.05, 0.1) is 26.4 Å². The van der Waals surface area contributed by atoms with E-state index in [1.165, 1.54) is 38.5 Å². The van der Waals surface area contributed by atoms with Crippen LogP contribution in [-0.4, -0.2) is 43.9 Å². The number of nitrogens with one attached hydrogen (secondary N) is 2. The summed E-state index contributed by atoms with van der Waals surface area (Å²) in [5.74, 6) is 1.41. The third-order valence-corrected chi connectivity index (χ3v) is 4.35. The van der Waals surface area contributed by atoms with Crippen molar-refractivity contribution in [2.45, 2.75) is 58.1 Å². The Morgan fingerprint density at radius 3 is 2.69 bits per heavy atom. The van der Waals surface area contributed by atoms with Gasteiger partial charge in [0, 0.05) is 24.8 Å². The largest absolute Gasteiger partial charge is 0.481 e. The fourth-order valence-electron chi connectivity index (χ4n) is 3.04. The highest BCUT2D eigenvalue weighted by Crippen LogP contribution is 2.19. The molecule has 1 saturated carbocycles. The summed E-state index contributed by atoms with van der Waals surface area (Å²) in [5.41, 5.74) is 0.969. The van der Waals surface area contributed by atoms with Crippen LogP contribution in [0.5, 0.6) is 5.88 Å². The molecule has 0 aliphatic heterocycles. The maximum absolute atomic E-state index is 6.02. The topological polar surface area (TPSA) is 67.8 Å². The van der Waals surface area contributed by atoms with Crippen LogP contribution in [0.25, 0.3) is 0 Å². The smallest absolute Gasteiger partial charge is 0.218 e. The van der Waals surface area contributed by atoms with E-state index in [4.69, 9.17) is 9.47 Å². The van der Waals surface area contributed by atoms with Crippen LogP contribution in [-0.2, 0) is 11.3 Å². The molecule has 1 aromatic rings. The molecule has 0 aromatic carbocycles. The van der Waals surface area contributed by atoms with Gasteiger partial charge in [-0.05, 0) is 25.8 Å². The van der Waals surface area contributed by atoms with Crippen molar-refractivity contribution < 1.29 is 9.47 Å². The summed E-state index contributed by atoms with van der Waals surface area (Å²) < 4.78 is 11.3. The second-order valence-electron chi connectivity index (χ2n) is 6.28. The van der Waals surface area contributed by atoms with E-state index in [2.05, 4.69) is 27.5 Å². The first kappa shape index (κ1) is 23.0. The number of methoxy groups -OCH3 is 1. The average molecular weight is 476 g/mol. The van der Waals surface area contributed by atoms with Gasteiger partial charge in [-0.15, -0.1) is 24.0 Å². The highest BCUT2D eigenvalue weighted by Gasteiger charge is 2.12. The van der Waals surface area contributed by atoms with E-state index < -0.39 is 0 Å². The number of aromatic nitrogens is 1. The molecule has 0 radical (unpaired) electrons. The molecule has 0 atom stereocenters. The molecule has 1 aliphatic rings. The molecule has 2 N–H and O–H groups in total. The zero-order valence-corrected chi connectivity index (χ0v) is 18.3. The molecular formula is C19H33IN4O2. The molecule has 1 aromatic heterocycles. The number of nitrogens with zero attached hydrogens (tertiary/aromatic N) is 2. The third kappa shape index (κ3) is 8.53. The zero-order valence-electron chi connectivity index (χ0n) is 16.0. The number of hydrogen-bond acceptors (Lipinski definition) is 4. The van der Waals surface area contributed by atoms with Crippen molar-refractivity contribution in [3.63, 3.8) is 0 Å². The first-order chi connectivity index (χ1) is 12.3. The summed E-state index contributed by atoms with van der Waals surface area (Å²) >= 11 is 0. The van der Waals surface area contributed by atoms with E-state index in [1.54, 1.807) is 13.3 Å². The number of ether oxygens (including phenoxy) is 2. The minimum Gasteiger partial charge on any atom is -0.481 e. The van der Waals surface area contributed by atoms with E-state index in [9.17, 15) is 0 Å². The molecule has 1 aliphatic carbocycles. The van der Waals surface area contributed by atoms with E-state index in [-0.39, 0.29) is 24.0 Å². The van der Waals surface area contributed by atoms with Gasteiger partial charge in [-0.3, -0.25) is 0 Å². The first-order valence-electron chi connectivity index (χ1n) is 9.45. The molecule has 1 fully saturated rings.